The predicted molar refractivity (Wildman–Crippen MR) is 72.1 cm³/mol. The first-order chi connectivity index (χ1) is 9.56. The zero-order valence-electron chi connectivity index (χ0n) is 11.9. The molecule has 0 aliphatic heterocycles. The zero-order valence-corrected chi connectivity index (χ0v) is 11.9. The number of fused-ring (bicyclic) bond motifs is 1. The zero-order chi connectivity index (χ0) is 14.3. The SMILES string of the molecule is CC(=O)OC1=CCC[C@@H]2[C@H]1[C@H]1CC[C@@H]2C=C1OC(C)=O. The van der Waals surface area contributed by atoms with Crippen molar-refractivity contribution >= 4 is 11.9 Å². The fourth-order valence-corrected chi connectivity index (χ4v) is 4.10. The van der Waals surface area contributed by atoms with E-state index in [1.807, 2.05) is 6.08 Å². The average molecular weight is 276 g/mol. The van der Waals surface area contributed by atoms with Crippen LogP contribution < -0.4 is 0 Å². The van der Waals surface area contributed by atoms with E-state index in [0.29, 0.717) is 11.8 Å². The lowest BCUT2D eigenvalue weighted by atomic mass is 9.58. The van der Waals surface area contributed by atoms with E-state index in [1.54, 1.807) is 0 Å². The van der Waals surface area contributed by atoms with Crippen molar-refractivity contribution in [3.8, 4) is 0 Å². The second-order valence-electron chi connectivity index (χ2n) is 5.98. The van der Waals surface area contributed by atoms with Crippen LogP contribution in [-0.2, 0) is 19.1 Å². The number of carbonyl (C=O) groups excluding carboxylic acids is 2. The number of allylic oxidation sites excluding steroid dienone is 4. The lowest BCUT2D eigenvalue weighted by Gasteiger charge is -2.48. The van der Waals surface area contributed by atoms with Crippen LogP contribution in [-0.4, -0.2) is 11.9 Å². The quantitative estimate of drug-likeness (QED) is 0.728. The molecule has 0 aromatic carbocycles. The van der Waals surface area contributed by atoms with Crippen LogP contribution in [0.2, 0.25) is 0 Å². The number of ether oxygens (including phenoxy) is 2. The van der Waals surface area contributed by atoms with Gasteiger partial charge in [0, 0.05) is 25.7 Å². The van der Waals surface area contributed by atoms with E-state index in [4.69, 9.17) is 9.47 Å². The maximum absolute atomic E-state index is 11.3. The van der Waals surface area contributed by atoms with Gasteiger partial charge in [-0.15, -0.1) is 0 Å². The maximum Gasteiger partial charge on any atom is 0.307 e. The first-order valence-corrected chi connectivity index (χ1v) is 7.35. The van der Waals surface area contributed by atoms with Gasteiger partial charge in [-0.05, 0) is 49.7 Å². The second-order valence-corrected chi connectivity index (χ2v) is 5.98. The van der Waals surface area contributed by atoms with Gasteiger partial charge in [-0.2, -0.15) is 0 Å². The monoisotopic (exact) mass is 276 g/mol. The van der Waals surface area contributed by atoms with E-state index >= 15 is 0 Å². The fraction of sp³-hybridized carbons (Fsp3) is 0.625. The molecule has 0 saturated heterocycles. The molecule has 0 heterocycles. The van der Waals surface area contributed by atoms with Crippen LogP contribution in [0.5, 0.6) is 0 Å². The minimum Gasteiger partial charge on any atom is -0.431 e. The van der Waals surface area contributed by atoms with E-state index in [1.165, 1.54) is 13.8 Å². The highest BCUT2D eigenvalue weighted by Crippen LogP contribution is 2.54. The van der Waals surface area contributed by atoms with Crippen molar-refractivity contribution in [1.82, 2.24) is 0 Å². The molecule has 0 spiro atoms. The van der Waals surface area contributed by atoms with Crippen LogP contribution in [0.25, 0.3) is 0 Å². The minimum atomic E-state index is -0.269. The van der Waals surface area contributed by atoms with E-state index in [9.17, 15) is 9.59 Å². The van der Waals surface area contributed by atoms with Crippen molar-refractivity contribution in [2.45, 2.75) is 39.5 Å². The van der Waals surface area contributed by atoms with Gasteiger partial charge in [0.2, 0.25) is 0 Å². The Hall–Kier alpha value is -1.58. The highest BCUT2D eigenvalue weighted by molar-refractivity contribution is 5.68. The normalized spacial score (nSPS) is 34.7. The first kappa shape index (κ1) is 13.4. The van der Waals surface area contributed by atoms with Gasteiger partial charge in [-0.3, -0.25) is 9.59 Å². The molecule has 0 N–H and O–H groups in total. The van der Waals surface area contributed by atoms with E-state index < -0.39 is 0 Å². The molecule has 4 heteroatoms. The molecule has 0 amide bonds. The highest BCUT2D eigenvalue weighted by Gasteiger charge is 2.48. The van der Waals surface area contributed by atoms with Gasteiger partial charge in [0.05, 0.1) is 0 Å². The molecule has 2 bridgehead atoms. The number of rotatable bonds is 2. The predicted octanol–water partition coefficient (Wildman–Crippen LogP) is 2.95. The number of hydrogen-bond acceptors (Lipinski definition) is 4. The summed E-state index contributed by atoms with van der Waals surface area (Å²) in [6, 6.07) is 0. The smallest absolute Gasteiger partial charge is 0.307 e. The molecular weight excluding hydrogens is 256 g/mol. The van der Waals surface area contributed by atoms with Crippen LogP contribution in [0.15, 0.2) is 23.7 Å². The molecule has 1 fully saturated rings. The molecule has 0 aromatic heterocycles. The summed E-state index contributed by atoms with van der Waals surface area (Å²) in [6.45, 7) is 2.87. The third kappa shape index (κ3) is 2.28. The van der Waals surface area contributed by atoms with Crippen molar-refractivity contribution < 1.29 is 19.1 Å². The Morgan fingerprint density at radius 1 is 1.05 bits per heavy atom. The van der Waals surface area contributed by atoms with E-state index in [-0.39, 0.29) is 23.8 Å². The summed E-state index contributed by atoms with van der Waals surface area (Å²) in [5.41, 5.74) is 0. The van der Waals surface area contributed by atoms with Crippen LogP contribution in [0.3, 0.4) is 0 Å². The van der Waals surface area contributed by atoms with Crippen LogP contribution >= 0.6 is 0 Å². The fourth-order valence-electron chi connectivity index (χ4n) is 4.10. The third-order valence-electron chi connectivity index (χ3n) is 4.70. The molecule has 108 valence electrons. The van der Waals surface area contributed by atoms with Gasteiger partial charge in [0.15, 0.2) is 0 Å². The molecule has 4 rings (SSSR count). The van der Waals surface area contributed by atoms with Crippen molar-refractivity contribution in [2.24, 2.45) is 23.7 Å². The summed E-state index contributed by atoms with van der Waals surface area (Å²) in [4.78, 5) is 22.5. The van der Waals surface area contributed by atoms with Gasteiger partial charge in [0.25, 0.3) is 0 Å². The van der Waals surface area contributed by atoms with Crippen LogP contribution in [0.4, 0.5) is 0 Å². The summed E-state index contributed by atoms with van der Waals surface area (Å²) in [6.07, 6.45) is 8.40. The van der Waals surface area contributed by atoms with Gasteiger partial charge in [-0.25, -0.2) is 0 Å². The van der Waals surface area contributed by atoms with Gasteiger partial charge >= 0.3 is 11.9 Å². The molecule has 4 aliphatic carbocycles. The Morgan fingerprint density at radius 2 is 1.75 bits per heavy atom. The average Bonchev–Trinajstić information content (AvgIpc) is 2.38. The Labute approximate surface area is 118 Å². The van der Waals surface area contributed by atoms with Crippen LogP contribution in [0, 0.1) is 23.7 Å². The molecule has 0 unspecified atom stereocenters. The maximum atomic E-state index is 11.3. The number of esters is 2. The summed E-state index contributed by atoms with van der Waals surface area (Å²) in [5, 5.41) is 0. The Balaban J connectivity index is 1.89. The van der Waals surface area contributed by atoms with Gasteiger partial charge in [0.1, 0.15) is 11.5 Å². The molecule has 4 atom stereocenters. The first-order valence-electron chi connectivity index (χ1n) is 7.35. The third-order valence-corrected chi connectivity index (χ3v) is 4.70. The molecule has 20 heavy (non-hydrogen) atoms. The summed E-state index contributed by atoms with van der Waals surface area (Å²) < 4.78 is 10.8. The van der Waals surface area contributed by atoms with Crippen LogP contribution in [0.1, 0.15) is 39.5 Å². The summed E-state index contributed by atoms with van der Waals surface area (Å²) in [7, 11) is 0. The standard InChI is InChI=1S/C16H20O4/c1-9(17)19-14-5-3-4-12-11-6-7-13(16(12)14)15(8-11)20-10(2)18/h5,8,11-13,16H,3-4,6-7H2,1-2H3/t11-,12+,13+,16+/m1/s1. The Kier molecular flexibility index (Phi) is 3.40. The minimum absolute atomic E-state index is 0.180. The van der Waals surface area contributed by atoms with Crippen molar-refractivity contribution in [2.75, 3.05) is 0 Å². The molecule has 0 radical (unpaired) electrons. The van der Waals surface area contributed by atoms with Crippen molar-refractivity contribution in [3.05, 3.63) is 23.7 Å². The number of carbonyl (C=O) groups is 2. The Bertz CT molecular complexity index is 503. The second kappa shape index (κ2) is 5.08. The van der Waals surface area contributed by atoms with E-state index in [0.717, 1.165) is 37.2 Å². The molecular formula is C16H20O4. The largest absolute Gasteiger partial charge is 0.431 e. The highest BCUT2D eigenvalue weighted by atomic mass is 16.5. The molecule has 1 saturated carbocycles. The Morgan fingerprint density at radius 3 is 2.45 bits per heavy atom. The van der Waals surface area contributed by atoms with Crippen molar-refractivity contribution in [1.29, 1.82) is 0 Å². The lowest BCUT2D eigenvalue weighted by Crippen LogP contribution is -2.43. The molecule has 4 aliphatic rings. The lowest BCUT2D eigenvalue weighted by molar-refractivity contribution is -0.142. The molecule has 4 nitrogen and oxygen atoms in total. The number of hydrogen-bond donors (Lipinski definition) is 0. The van der Waals surface area contributed by atoms with E-state index in [2.05, 4.69) is 6.08 Å². The van der Waals surface area contributed by atoms with Crippen molar-refractivity contribution in [3.63, 3.8) is 0 Å². The topological polar surface area (TPSA) is 52.6 Å². The van der Waals surface area contributed by atoms with Gasteiger partial charge < -0.3 is 9.47 Å². The summed E-state index contributed by atoms with van der Waals surface area (Å²) >= 11 is 0. The summed E-state index contributed by atoms with van der Waals surface area (Å²) in [5.74, 6) is 2.39. The molecule has 0 aromatic rings. The van der Waals surface area contributed by atoms with Gasteiger partial charge in [-0.1, -0.05) is 0 Å².